The van der Waals surface area contributed by atoms with E-state index in [4.69, 9.17) is 4.74 Å². The standard InChI is InChI=1S/C15H27N3O3/c1-6-15(20,7-2)10-18-12(9-11(4)5)13(16-17-18)14(19)21-8-3/h11,20H,6-10H2,1-5H3. The van der Waals surface area contributed by atoms with Crippen molar-refractivity contribution in [3.8, 4) is 0 Å². The molecular formula is C15H27N3O3. The highest BCUT2D eigenvalue weighted by Crippen LogP contribution is 2.20. The molecule has 1 rings (SSSR count). The molecule has 6 heteroatoms. The van der Waals surface area contributed by atoms with Crippen LogP contribution in [0.25, 0.3) is 0 Å². The summed E-state index contributed by atoms with van der Waals surface area (Å²) in [6, 6.07) is 0. The largest absolute Gasteiger partial charge is 0.461 e. The molecule has 0 bridgehead atoms. The average Bonchev–Trinajstić information content (AvgIpc) is 2.81. The summed E-state index contributed by atoms with van der Waals surface area (Å²) in [4.78, 5) is 12.0. The number of rotatable bonds is 8. The predicted molar refractivity (Wildman–Crippen MR) is 80.1 cm³/mol. The van der Waals surface area contributed by atoms with E-state index in [1.165, 1.54) is 0 Å². The number of ether oxygens (including phenoxy) is 1. The molecule has 0 amide bonds. The molecule has 0 aliphatic heterocycles. The number of esters is 1. The number of hydrogen-bond donors (Lipinski definition) is 1. The molecular weight excluding hydrogens is 270 g/mol. The second-order valence-corrected chi connectivity index (χ2v) is 5.79. The molecule has 0 saturated heterocycles. The number of hydrogen-bond acceptors (Lipinski definition) is 5. The van der Waals surface area contributed by atoms with Crippen molar-refractivity contribution in [1.82, 2.24) is 15.0 Å². The molecule has 0 fully saturated rings. The molecule has 1 aromatic rings. The first-order chi connectivity index (χ1) is 9.86. The van der Waals surface area contributed by atoms with Crippen LogP contribution in [0.4, 0.5) is 0 Å². The lowest BCUT2D eigenvalue weighted by Gasteiger charge is -2.25. The first-order valence-electron chi connectivity index (χ1n) is 7.68. The maximum absolute atomic E-state index is 12.0. The normalized spacial score (nSPS) is 12.0. The first kappa shape index (κ1) is 17.6. The van der Waals surface area contributed by atoms with Gasteiger partial charge in [0.2, 0.25) is 0 Å². The number of nitrogens with zero attached hydrogens (tertiary/aromatic N) is 3. The molecule has 0 atom stereocenters. The molecule has 6 nitrogen and oxygen atoms in total. The van der Waals surface area contributed by atoms with Crippen molar-refractivity contribution >= 4 is 5.97 Å². The monoisotopic (exact) mass is 297 g/mol. The smallest absolute Gasteiger partial charge is 0.360 e. The maximum atomic E-state index is 12.0. The average molecular weight is 297 g/mol. The lowest BCUT2D eigenvalue weighted by atomic mass is 9.97. The molecule has 0 aromatic carbocycles. The van der Waals surface area contributed by atoms with Crippen molar-refractivity contribution < 1.29 is 14.6 Å². The van der Waals surface area contributed by atoms with E-state index in [-0.39, 0.29) is 5.69 Å². The highest BCUT2D eigenvalue weighted by molar-refractivity contribution is 5.88. The van der Waals surface area contributed by atoms with E-state index in [2.05, 4.69) is 24.2 Å². The van der Waals surface area contributed by atoms with E-state index in [1.807, 2.05) is 13.8 Å². The number of carbonyl (C=O) groups is 1. The summed E-state index contributed by atoms with van der Waals surface area (Å²) < 4.78 is 6.68. The van der Waals surface area contributed by atoms with Crippen LogP contribution < -0.4 is 0 Å². The summed E-state index contributed by atoms with van der Waals surface area (Å²) in [6.07, 6.45) is 1.92. The molecule has 0 unspecified atom stereocenters. The zero-order chi connectivity index (χ0) is 16.0. The van der Waals surface area contributed by atoms with Gasteiger partial charge in [0, 0.05) is 0 Å². The zero-order valence-corrected chi connectivity index (χ0v) is 13.7. The van der Waals surface area contributed by atoms with E-state index < -0.39 is 11.6 Å². The van der Waals surface area contributed by atoms with Crippen molar-refractivity contribution in [2.75, 3.05) is 6.61 Å². The van der Waals surface area contributed by atoms with Gasteiger partial charge in [-0.05, 0) is 32.1 Å². The quantitative estimate of drug-likeness (QED) is 0.744. The van der Waals surface area contributed by atoms with E-state index >= 15 is 0 Å². The Balaban J connectivity index is 3.11. The van der Waals surface area contributed by atoms with Gasteiger partial charge in [0.05, 0.1) is 24.4 Å². The van der Waals surface area contributed by atoms with Crippen LogP contribution in [0.1, 0.15) is 63.6 Å². The van der Waals surface area contributed by atoms with Crippen LogP contribution in [-0.2, 0) is 17.7 Å². The summed E-state index contributed by atoms with van der Waals surface area (Å²) >= 11 is 0. The molecule has 0 radical (unpaired) electrons. The minimum Gasteiger partial charge on any atom is -0.461 e. The van der Waals surface area contributed by atoms with Crippen LogP contribution in [0, 0.1) is 5.92 Å². The fourth-order valence-corrected chi connectivity index (χ4v) is 2.16. The van der Waals surface area contributed by atoms with Crippen LogP contribution in [0.3, 0.4) is 0 Å². The molecule has 1 N–H and O–H groups in total. The van der Waals surface area contributed by atoms with Crippen LogP contribution >= 0.6 is 0 Å². The molecule has 0 spiro atoms. The highest BCUT2D eigenvalue weighted by atomic mass is 16.5. The molecule has 0 aliphatic carbocycles. The van der Waals surface area contributed by atoms with Gasteiger partial charge in [0.25, 0.3) is 0 Å². The Morgan fingerprint density at radius 3 is 2.43 bits per heavy atom. The maximum Gasteiger partial charge on any atom is 0.360 e. The van der Waals surface area contributed by atoms with Crippen LogP contribution in [0.15, 0.2) is 0 Å². The first-order valence-corrected chi connectivity index (χ1v) is 7.68. The van der Waals surface area contributed by atoms with Gasteiger partial charge >= 0.3 is 5.97 Å². The molecule has 0 aliphatic rings. The van der Waals surface area contributed by atoms with Crippen LogP contribution in [0.2, 0.25) is 0 Å². The fraction of sp³-hybridized carbons (Fsp3) is 0.800. The van der Waals surface area contributed by atoms with Crippen molar-refractivity contribution in [2.24, 2.45) is 5.92 Å². The van der Waals surface area contributed by atoms with Crippen molar-refractivity contribution in [3.05, 3.63) is 11.4 Å². The lowest BCUT2D eigenvalue weighted by Crippen LogP contribution is -2.34. The topological polar surface area (TPSA) is 77.2 Å². The van der Waals surface area contributed by atoms with Gasteiger partial charge in [0.15, 0.2) is 5.69 Å². The molecule has 0 saturated carbocycles. The van der Waals surface area contributed by atoms with E-state index in [9.17, 15) is 9.90 Å². The molecule has 1 heterocycles. The third-order valence-corrected chi connectivity index (χ3v) is 3.67. The molecule has 120 valence electrons. The number of aromatic nitrogens is 3. The second-order valence-electron chi connectivity index (χ2n) is 5.79. The number of aliphatic hydroxyl groups is 1. The molecule has 21 heavy (non-hydrogen) atoms. The Hall–Kier alpha value is -1.43. The van der Waals surface area contributed by atoms with Crippen molar-refractivity contribution in [1.29, 1.82) is 0 Å². The van der Waals surface area contributed by atoms with E-state index in [0.29, 0.717) is 38.3 Å². The summed E-state index contributed by atoms with van der Waals surface area (Å²) in [5.41, 5.74) is 0.176. The second kappa shape index (κ2) is 7.54. The van der Waals surface area contributed by atoms with E-state index in [1.54, 1.807) is 11.6 Å². The Bertz CT molecular complexity index is 465. The van der Waals surface area contributed by atoms with Gasteiger partial charge in [-0.15, -0.1) is 5.10 Å². The van der Waals surface area contributed by atoms with Gasteiger partial charge in [-0.1, -0.05) is 32.9 Å². The van der Waals surface area contributed by atoms with Gasteiger partial charge in [-0.2, -0.15) is 0 Å². The van der Waals surface area contributed by atoms with Crippen LogP contribution in [0.5, 0.6) is 0 Å². The molecule has 1 aromatic heterocycles. The van der Waals surface area contributed by atoms with Gasteiger partial charge in [-0.3, -0.25) is 0 Å². The predicted octanol–water partition coefficient (Wildman–Crippen LogP) is 2.20. The van der Waals surface area contributed by atoms with Crippen LogP contribution in [-0.4, -0.2) is 38.3 Å². The van der Waals surface area contributed by atoms with E-state index in [0.717, 1.165) is 5.69 Å². The van der Waals surface area contributed by atoms with Gasteiger partial charge in [0.1, 0.15) is 0 Å². The third kappa shape index (κ3) is 4.52. The van der Waals surface area contributed by atoms with Crippen molar-refractivity contribution in [3.63, 3.8) is 0 Å². The Labute approximate surface area is 126 Å². The summed E-state index contributed by atoms with van der Waals surface area (Å²) in [5, 5.41) is 18.5. The van der Waals surface area contributed by atoms with Gasteiger partial charge in [-0.25, -0.2) is 9.48 Å². The number of carbonyl (C=O) groups excluding carboxylic acids is 1. The minimum atomic E-state index is -0.828. The minimum absolute atomic E-state index is 0.264. The summed E-state index contributed by atoms with van der Waals surface area (Å²) in [6.45, 7) is 10.4. The fourth-order valence-electron chi connectivity index (χ4n) is 2.16. The van der Waals surface area contributed by atoms with Gasteiger partial charge < -0.3 is 9.84 Å². The summed E-state index contributed by atoms with van der Waals surface area (Å²) in [7, 11) is 0. The Morgan fingerprint density at radius 2 is 1.95 bits per heavy atom. The Morgan fingerprint density at radius 1 is 1.33 bits per heavy atom. The highest BCUT2D eigenvalue weighted by Gasteiger charge is 2.28. The third-order valence-electron chi connectivity index (χ3n) is 3.67. The lowest BCUT2D eigenvalue weighted by molar-refractivity contribution is 0.0104. The summed E-state index contributed by atoms with van der Waals surface area (Å²) in [5.74, 6) is -0.0947. The zero-order valence-electron chi connectivity index (χ0n) is 13.7. The van der Waals surface area contributed by atoms with Crippen molar-refractivity contribution in [2.45, 2.75) is 66.0 Å². The Kier molecular flexibility index (Phi) is 6.33. The SMILES string of the molecule is CCOC(=O)c1nnn(CC(O)(CC)CC)c1CC(C)C.